The Morgan fingerprint density at radius 2 is 1.84 bits per heavy atom. The Morgan fingerprint density at radius 3 is 2.55 bits per heavy atom. The van der Waals surface area contributed by atoms with Crippen LogP contribution in [0.25, 0.3) is 16.8 Å². The van der Waals surface area contributed by atoms with Crippen molar-refractivity contribution in [2.75, 3.05) is 11.9 Å². The second-order valence-corrected chi connectivity index (χ2v) is 7.37. The molecule has 0 unspecified atom stereocenters. The van der Waals surface area contributed by atoms with E-state index >= 15 is 0 Å². The molecule has 8 heteroatoms. The molecule has 1 amide bonds. The average Bonchev–Trinajstić information content (AvgIpc) is 3.15. The van der Waals surface area contributed by atoms with Gasteiger partial charge < -0.3 is 10.1 Å². The first-order valence-corrected chi connectivity index (χ1v) is 10.4. The molecular weight excluding hydrogens is 414 g/mol. The standard InChI is InChI=1S/C23H22ClN5O2/c1-4-17-20(15-10-12-16(24)13-11-15)22-27-26-21(14(3)29(22)28-17)23(30)25-18-8-6-7-9-19(18)31-5-2/h6-13H,4-5H2,1-3H3,(H,25,30). The lowest BCUT2D eigenvalue weighted by Crippen LogP contribution is -2.19. The smallest absolute Gasteiger partial charge is 0.278 e. The molecule has 2 aromatic heterocycles. The number of hydrogen-bond donors (Lipinski definition) is 1. The van der Waals surface area contributed by atoms with Crippen LogP contribution in [0, 0.1) is 6.92 Å². The van der Waals surface area contributed by atoms with Crippen LogP contribution >= 0.6 is 11.6 Å². The van der Waals surface area contributed by atoms with Crippen molar-refractivity contribution in [3.8, 4) is 16.9 Å². The summed E-state index contributed by atoms with van der Waals surface area (Å²) in [5.74, 6) is 0.225. The van der Waals surface area contributed by atoms with Gasteiger partial charge >= 0.3 is 0 Å². The van der Waals surface area contributed by atoms with Crippen LogP contribution in [-0.2, 0) is 6.42 Å². The zero-order valence-corrected chi connectivity index (χ0v) is 18.3. The lowest BCUT2D eigenvalue weighted by Gasteiger charge is -2.12. The van der Waals surface area contributed by atoms with Gasteiger partial charge in [0.05, 0.1) is 29.2 Å². The number of ether oxygens (including phenoxy) is 1. The fourth-order valence-corrected chi connectivity index (χ4v) is 3.58. The predicted molar refractivity (Wildman–Crippen MR) is 121 cm³/mol. The molecule has 2 aromatic carbocycles. The first-order chi connectivity index (χ1) is 15.0. The Kier molecular flexibility index (Phi) is 5.86. The van der Waals surface area contributed by atoms with Crippen LogP contribution < -0.4 is 10.1 Å². The zero-order chi connectivity index (χ0) is 22.0. The largest absolute Gasteiger partial charge is 0.492 e. The molecule has 0 aliphatic carbocycles. The summed E-state index contributed by atoms with van der Waals surface area (Å²) >= 11 is 6.04. The summed E-state index contributed by atoms with van der Waals surface area (Å²) < 4.78 is 7.27. The molecule has 0 radical (unpaired) electrons. The van der Waals surface area contributed by atoms with Crippen molar-refractivity contribution in [2.24, 2.45) is 0 Å². The molecule has 158 valence electrons. The van der Waals surface area contributed by atoms with Crippen LogP contribution in [0.15, 0.2) is 48.5 Å². The topological polar surface area (TPSA) is 81.4 Å². The van der Waals surface area contributed by atoms with Crippen molar-refractivity contribution < 1.29 is 9.53 Å². The third-order valence-electron chi connectivity index (χ3n) is 4.96. The van der Waals surface area contributed by atoms with Gasteiger partial charge in [-0.1, -0.05) is 42.8 Å². The second kappa shape index (κ2) is 8.73. The van der Waals surface area contributed by atoms with Crippen molar-refractivity contribution in [1.82, 2.24) is 19.8 Å². The summed E-state index contributed by atoms with van der Waals surface area (Å²) in [7, 11) is 0. The molecule has 0 saturated carbocycles. The molecule has 4 rings (SSSR count). The van der Waals surface area contributed by atoms with Gasteiger partial charge in [0.15, 0.2) is 11.3 Å². The summed E-state index contributed by atoms with van der Waals surface area (Å²) in [6.07, 6.45) is 0.712. The molecule has 0 aliphatic rings. The Balaban J connectivity index is 1.75. The monoisotopic (exact) mass is 435 g/mol. The molecule has 7 nitrogen and oxygen atoms in total. The highest BCUT2D eigenvalue weighted by atomic mass is 35.5. The first-order valence-electron chi connectivity index (χ1n) is 10.1. The fraction of sp³-hybridized carbons (Fsp3) is 0.217. The number of amides is 1. The van der Waals surface area contributed by atoms with Gasteiger partial charge in [-0.05, 0) is 50.1 Å². The average molecular weight is 436 g/mol. The third-order valence-corrected chi connectivity index (χ3v) is 5.21. The quantitative estimate of drug-likeness (QED) is 0.462. The van der Waals surface area contributed by atoms with Crippen molar-refractivity contribution >= 4 is 28.8 Å². The van der Waals surface area contributed by atoms with E-state index in [1.165, 1.54) is 0 Å². The Labute approximate surface area is 185 Å². The van der Waals surface area contributed by atoms with Gasteiger partial charge in [0, 0.05) is 5.02 Å². The summed E-state index contributed by atoms with van der Waals surface area (Å²) in [6.45, 7) is 6.23. The number of carbonyl (C=O) groups is 1. The number of rotatable bonds is 6. The maximum Gasteiger partial charge on any atom is 0.278 e. The van der Waals surface area contributed by atoms with Crippen molar-refractivity contribution in [3.63, 3.8) is 0 Å². The fourth-order valence-electron chi connectivity index (χ4n) is 3.45. The minimum absolute atomic E-state index is 0.201. The predicted octanol–water partition coefficient (Wildman–Crippen LogP) is 4.97. The van der Waals surface area contributed by atoms with E-state index in [2.05, 4.69) is 15.5 Å². The second-order valence-electron chi connectivity index (χ2n) is 6.93. The van der Waals surface area contributed by atoms with E-state index in [4.69, 9.17) is 21.4 Å². The van der Waals surface area contributed by atoms with Gasteiger partial charge in [0.25, 0.3) is 5.91 Å². The summed E-state index contributed by atoms with van der Waals surface area (Å²) in [6, 6.07) is 14.8. The number of nitrogens with zero attached hydrogens (tertiary/aromatic N) is 4. The van der Waals surface area contributed by atoms with Gasteiger partial charge in [-0.15, -0.1) is 10.2 Å². The minimum atomic E-state index is -0.374. The molecule has 0 spiro atoms. The van der Waals surface area contributed by atoms with Gasteiger partial charge in [-0.25, -0.2) is 4.52 Å². The Bertz CT molecular complexity index is 1250. The number of aromatic nitrogens is 4. The van der Waals surface area contributed by atoms with Crippen LogP contribution in [0.1, 0.15) is 35.7 Å². The van der Waals surface area contributed by atoms with E-state index in [1.54, 1.807) is 16.6 Å². The summed E-state index contributed by atoms with van der Waals surface area (Å²) in [4.78, 5) is 13.0. The number of anilines is 1. The number of para-hydroxylation sites is 2. The van der Waals surface area contributed by atoms with E-state index in [-0.39, 0.29) is 11.6 Å². The van der Waals surface area contributed by atoms with Gasteiger partial charge in [0.1, 0.15) is 5.75 Å². The molecule has 31 heavy (non-hydrogen) atoms. The molecule has 0 atom stereocenters. The Hall–Kier alpha value is -3.45. The zero-order valence-electron chi connectivity index (χ0n) is 17.5. The van der Waals surface area contributed by atoms with E-state index in [0.29, 0.717) is 40.8 Å². The van der Waals surface area contributed by atoms with E-state index in [0.717, 1.165) is 16.8 Å². The SMILES string of the molecule is CCOc1ccccc1NC(=O)c1nnc2c(-c3ccc(Cl)cc3)c(CC)nn2c1C. The molecule has 0 bridgehead atoms. The van der Waals surface area contributed by atoms with Crippen molar-refractivity contribution in [2.45, 2.75) is 27.2 Å². The molecule has 4 aromatic rings. The van der Waals surface area contributed by atoms with Crippen LogP contribution in [0.2, 0.25) is 5.02 Å². The maximum atomic E-state index is 13.0. The van der Waals surface area contributed by atoms with Crippen molar-refractivity contribution in [3.05, 3.63) is 70.6 Å². The van der Waals surface area contributed by atoms with E-state index in [9.17, 15) is 4.79 Å². The number of nitrogens with one attached hydrogen (secondary N) is 1. The van der Waals surface area contributed by atoms with Crippen LogP contribution in [0.3, 0.4) is 0 Å². The minimum Gasteiger partial charge on any atom is -0.492 e. The first kappa shape index (κ1) is 20.8. The molecule has 1 N–H and O–H groups in total. The lowest BCUT2D eigenvalue weighted by atomic mass is 10.0. The number of benzene rings is 2. The highest BCUT2D eigenvalue weighted by molar-refractivity contribution is 6.30. The third kappa shape index (κ3) is 3.96. The highest BCUT2D eigenvalue weighted by Gasteiger charge is 2.21. The van der Waals surface area contributed by atoms with E-state index in [1.807, 2.05) is 57.2 Å². The summed E-state index contributed by atoms with van der Waals surface area (Å²) in [5, 5.41) is 16.8. The molecule has 0 aliphatic heterocycles. The molecular formula is C23H22ClN5O2. The van der Waals surface area contributed by atoms with E-state index < -0.39 is 0 Å². The molecule has 2 heterocycles. The van der Waals surface area contributed by atoms with Crippen LogP contribution in [0.4, 0.5) is 5.69 Å². The Morgan fingerprint density at radius 1 is 1.10 bits per heavy atom. The molecule has 0 saturated heterocycles. The van der Waals surface area contributed by atoms with Crippen LogP contribution in [-0.4, -0.2) is 32.3 Å². The van der Waals surface area contributed by atoms with Gasteiger partial charge in [0.2, 0.25) is 0 Å². The number of hydrogen-bond acceptors (Lipinski definition) is 5. The normalized spacial score (nSPS) is 11.0. The number of halogens is 1. The summed E-state index contributed by atoms with van der Waals surface area (Å²) in [5.41, 5.74) is 4.70. The molecule has 0 fully saturated rings. The van der Waals surface area contributed by atoms with Gasteiger partial charge in [-0.3, -0.25) is 4.79 Å². The number of carbonyl (C=O) groups excluding carboxylic acids is 1. The highest BCUT2D eigenvalue weighted by Crippen LogP contribution is 2.30. The van der Waals surface area contributed by atoms with Crippen molar-refractivity contribution in [1.29, 1.82) is 0 Å². The number of fused-ring (bicyclic) bond motifs is 1. The lowest BCUT2D eigenvalue weighted by molar-refractivity contribution is 0.101. The maximum absolute atomic E-state index is 13.0. The number of aryl methyl sites for hydroxylation is 2. The van der Waals surface area contributed by atoms with Gasteiger partial charge in [-0.2, -0.15) is 5.10 Å². The van der Waals surface area contributed by atoms with Crippen LogP contribution in [0.5, 0.6) is 5.75 Å².